The first kappa shape index (κ1) is 14.6. The highest BCUT2D eigenvalue weighted by molar-refractivity contribution is 7.99. The van der Waals surface area contributed by atoms with Gasteiger partial charge in [0.2, 0.25) is 0 Å². The zero-order valence-electron chi connectivity index (χ0n) is 11.2. The van der Waals surface area contributed by atoms with E-state index in [2.05, 4.69) is 4.98 Å². The molecule has 7 heteroatoms. The van der Waals surface area contributed by atoms with Crippen molar-refractivity contribution in [1.82, 2.24) is 9.55 Å². The third kappa shape index (κ3) is 2.97. The van der Waals surface area contributed by atoms with Crippen LogP contribution in [0.1, 0.15) is 24.8 Å². The quantitative estimate of drug-likeness (QED) is 0.918. The number of halogens is 3. The Morgan fingerprint density at radius 2 is 2.14 bits per heavy atom. The second-order valence-electron chi connectivity index (χ2n) is 5.26. The van der Waals surface area contributed by atoms with Crippen molar-refractivity contribution < 1.29 is 13.2 Å². The van der Waals surface area contributed by atoms with Crippen LogP contribution in [0, 0.1) is 0 Å². The van der Waals surface area contributed by atoms with Crippen LogP contribution in [0.4, 0.5) is 13.2 Å². The fourth-order valence-corrected chi connectivity index (χ4v) is 3.96. The lowest BCUT2D eigenvalue weighted by Crippen LogP contribution is -2.24. The van der Waals surface area contributed by atoms with Crippen molar-refractivity contribution >= 4 is 22.8 Å². The Labute approximate surface area is 123 Å². The molecule has 1 fully saturated rings. The number of aromatic nitrogens is 2. The molecule has 21 heavy (non-hydrogen) atoms. The topological polar surface area (TPSA) is 37.8 Å². The van der Waals surface area contributed by atoms with Crippen molar-refractivity contribution in [3.63, 3.8) is 0 Å². The molecule has 0 saturated carbocycles. The molecule has 1 aromatic carbocycles. The van der Waals surface area contributed by atoms with Crippen LogP contribution in [-0.2, 0) is 12.7 Å². The molecular formula is C14H15F3N2OS. The lowest BCUT2D eigenvalue weighted by atomic mass is 10.1. The van der Waals surface area contributed by atoms with Gasteiger partial charge >= 0.3 is 11.9 Å². The van der Waals surface area contributed by atoms with Gasteiger partial charge < -0.3 is 4.98 Å². The summed E-state index contributed by atoms with van der Waals surface area (Å²) in [6, 6.07) is 3.38. The van der Waals surface area contributed by atoms with E-state index < -0.39 is 11.7 Å². The number of imidazole rings is 1. The van der Waals surface area contributed by atoms with E-state index in [1.807, 2.05) is 0 Å². The van der Waals surface area contributed by atoms with E-state index in [1.165, 1.54) is 17.1 Å². The SMILES string of the molecule is O=c1[nH]c2ccc(C(F)(F)F)cc2n1CC1CCCCS1. The van der Waals surface area contributed by atoms with E-state index in [-0.39, 0.29) is 5.69 Å². The summed E-state index contributed by atoms with van der Waals surface area (Å²) in [6.07, 6.45) is -1.11. The molecule has 0 amide bonds. The summed E-state index contributed by atoms with van der Waals surface area (Å²) < 4.78 is 39.9. The van der Waals surface area contributed by atoms with Crippen molar-refractivity contribution in [1.29, 1.82) is 0 Å². The maximum Gasteiger partial charge on any atom is 0.416 e. The molecule has 0 aliphatic carbocycles. The van der Waals surface area contributed by atoms with Crippen LogP contribution in [0.3, 0.4) is 0 Å². The Morgan fingerprint density at radius 1 is 1.33 bits per heavy atom. The van der Waals surface area contributed by atoms with Crippen LogP contribution in [0.2, 0.25) is 0 Å². The number of nitrogens with one attached hydrogen (secondary N) is 1. The van der Waals surface area contributed by atoms with Crippen LogP contribution in [0.5, 0.6) is 0 Å². The van der Waals surface area contributed by atoms with Gasteiger partial charge in [-0.1, -0.05) is 6.42 Å². The summed E-state index contributed by atoms with van der Waals surface area (Å²) in [4.78, 5) is 14.6. The van der Waals surface area contributed by atoms with Crippen LogP contribution in [0.25, 0.3) is 11.0 Å². The molecule has 1 aliphatic heterocycles. The zero-order valence-corrected chi connectivity index (χ0v) is 12.1. The van der Waals surface area contributed by atoms with Gasteiger partial charge in [-0.2, -0.15) is 24.9 Å². The summed E-state index contributed by atoms with van der Waals surface area (Å²) in [5, 5.41) is 0.296. The van der Waals surface area contributed by atoms with Gasteiger partial charge in [0.15, 0.2) is 0 Å². The van der Waals surface area contributed by atoms with E-state index in [0.29, 0.717) is 22.8 Å². The second kappa shape index (κ2) is 5.44. The van der Waals surface area contributed by atoms with Crippen LogP contribution >= 0.6 is 11.8 Å². The molecule has 0 spiro atoms. The first-order valence-corrected chi connectivity index (χ1v) is 7.91. The van der Waals surface area contributed by atoms with Gasteiger partial charge in [-0.25, -0.2) is 4.79 Å². The Kier molecular flexibility index (Phi) is 3.77. The van der Waals surface area contributed by atoms with Crippen molar-refractivity contribution in [2.24, 2.45) is 0 Å². The minimum Gasteiger partial charge on any atom is -0.306 e. The number of nitrogens with zero attached hydrogens (tertiary/aromatic N) is 1. The number of rotatable bonds is 2. The molecule has 2 heterocycles. The number of benzene rings is 1. The smallest absolute Gasteiger partial charge is 0.306 e. The van der Waals surface area contributed by atoms with Crippen LogP contribution in [0.15, 0.2) is 23.0 Å². The summed E-state index contributed by atoms with van der Waals surface area (Å²) in [5.74, 6) is 1.05. The van der Waals surface area contributed by atoms with E-state index in [4.69, 9.17) is 0 Å². The number of hydrogen-bond acceptors (Lipinski definition) is 2. The molecule has 3 nitrogen and oxygen atoms in total. The number of hydrogen-bond donors (Lipinski definition) is 1. The summed E-state index contributed by atoms with van der Waals surface area (Å²) in [5.41, 5.74) is -0.274. The first-order valence-electron chi connectivity index (χ1n) is 6.86. The summed E-state index contributed by atoms with van der Waals surface area (Å²) >= 11 is 1.79. The second-order valence-corrected chi connectivity index (χ2v) is 6.67. The monoisotopic (exact) mass is 316 g/mol. The van der Waals surface area contributed by atoms with Crippen molar-refractivity contribution in [3.05, 3.63) is 34.2 Å². The standard InChI is InChI=1S/C14H15F3N2OS/c15-14(16,17)9-4-5-11-12(7-9)19(13(20)18-11)8-10-3-1-2-6-21-10/h4-5,7,10H,1-3,6,8H2,(H,18,20). The lowest BCUT2D eigenvalue weighted by Gasteiger charge is -2.21. The molecule has 1 aliphatic rings. The highest BCUT2D eigenvalue weighted by Crippen LogP contribution is 2.31. The molecule has 0 radical (unpaired) electrons. The number of aromatic amines is 1. The number of thioether (sulfide) groups is 1. The normalized spacial score (nSPS) is 20.0. The van der Waals surface area contributed by atoms with E-state index in [1.54, 1.807) is 11.8 Å². The number of fused-ring (bicyclic) bond motifs is 1. The number of alkyl halides is 3. The molecule has 1 N–H and O–H groups in total. The average molecular weight is 316 g/mol. The van der Waals surface area contributed by atoms with Gasteiger partial charge in [0.05, 0.1) is 16.6 Å². The van der Waals surface area contributed by atoms with Gasteiger partial charge in [-0.15, -0.1) is 0 Å². The Balaban J connectivity index is 2.00. The van der Waals surface area contributed by atoms with Crippen molar-refractivity contribution in [3.8, 4) is 0 Å². The fourth-order valence-electron chi connectivity index (χ4n) is 2.67. The Morgan fingerprint density at radius 3 is 2.81 bits per heavy atom. The molecule has 1 atom stereocenters. The maximum absolute atomic E-state index is 12.8. The highest BCUT2D eigenvalue weighted by Gasteiger charge is 2.31. The zero-order chi connectivity index (χ0) is 15.0. The molecule has 114 valence electrons. The first-order chi connectivity index (χ1) is 9.95. The largest absolute Gasteiger partial charge is 0.416 e. The third-order valence-electron chi connectivity index (χ3n) is 3.76. The van der Waals surface area contributed by atoms with E-state index >= 15 is 0 Å². The lowest BCUT2D eigenvalue weighted by molar-refractivity contribution is -0.137. The van der Waals surface area contributed by atoms with E-state index in [9.17, 15) is 18.0 Å². The van der Waals surface area contributed by atoms with Gasteiger partial charge in [0.1, 0.15) is 0 Å². The average Bonchev–Trinajstić information content (AvgIpc) is 2.75. The van der Waals surface area contributed by atoms with Gasteiger partial charge in [-0.3, -0.25) is 4.57 Å². The third-order valence-corrected chi connectivity index (χ3v) is 5.14. The molecule has 1 aromatic heterocycles. The molecule has 1 saturated heterocycles. The number of H-pyrrole nitrogens is 1. The van der Waals surface area contributed by atoms with Crippen molar-refractivity contribution in [2.45, 2.75) is 37.2 Å². The van der Waals surface area contributed by atoms with Gasteiger partial charge in [0, 0.05) is 11.8 Å². The van der Waals surface area contributed by atoms with Crippen LogP contribution < -0.4 is 5.69 Å². The predicted molar refractivity (Wildman–Crippen MR) is 77.7 cm³/mol. The maximum atomic E-state index is 12.8. The molecule has 3 rings (SSSR count). The minimum atomic E-state index is -4.40. The summed E-state index contributed by atoms with van der Waals surface area (Å²) in [6.45, 7) is 0.463. The Hall–Kier alpha value is -1.37. The molecule has 1 unspecified atom stereocenters. The van der Waals surface area contributed by atoms with Crippen LogP contribution in [-0.4, -0.2) is 20.6 Å². The predicted octanol–water partition coefficient (Wildman–Crippen LogP) is 3.63. The highest BCUT2D eigenvalue weighted by atomic mass is 32.2. The van der Waals surface area contributed by atoms with Gasteiger partial charge in [0.25, 0.3) is 0 Å². The molecule has 0 bridgehead atoms. The van der Waals surface area contributed by atoms with E-state index in [0.717, 1.165) is 30.7 Å². The Bertz CT molecular complexity index is 698. The molecular weight excluding hydrogens is 301 g/mol. The van der Waals surface area contributed by atoms with Crippen molar-refractivity contribution in [2.75, 3.05) is 5.75 Å². The fraction of sp³-hybridized carbons (Fsp3) is 0.500. The van der Waals surface area contributed by atoms with Gasteiger partial charge in [-0.05, 0) is 36.8 Å². The molecule has 2 aromatic rings. The summed E-state index contributed by atoms with van der Waals surface area (Å²) in [7, 11) is 0. The minimum absolute atomic E-state index is 0.296.